The van der Waals surface area contributed by atoms with Crippen molar-refractivity contribution in [3.8, 4) is 0 Å². The number of hydrogen-bond donors (Lipinski definition) is 3. The summed E-state index contributed by atoms with van der Waals surface area (Å²) >= 11 is 0. The lowest BCUT2D eigenvalue weighted by atomic mass is 10.2. The molecule has 0 aliphatic carbocycles. The molecule has 5 nitrogen and oxygen atoms in total. The fourth-order valence-corrected chi connectivity index (χ4v) is 1.55. The van der Waals surface area contributed by atoms with Gasteiger partial charge < -0.3 is 10.6 Å². The highest BCUT2D eigenvalue weighted by molar-refractivity contribution is 5.77. The van der Waals surface area contributed by atoms with Gasteiger partial charge in [-0.3, -0.25) is 9.89 Å². The lowest BCUT2D eigenvalue weighted by molar-refractivity contribution is -0.120. The molecule has 0 aliphatic heterocycles. The van der Waals surface area contributed by atoms with Crippen LogP contribution in [0.4, 0.5) is 0 Å². The number of benzene rings is 1. The van der Waals surface area contributed by atoms with Gasteiger partial charge in [0.1, 0.15) is 0 Å². The first-order valence-corrected chi connectivity index (χ1v) is 5.84. The van der Waals surface area contributed by atoms with E-state index in [0.29, 0.717) is 19.6 Å². The normalized spacial score (nSPS) is 10.2. The molecule has 0 saturated heterocycles. The molecule has 1 amide bonds. The van der Waals surface area contributed by atoms with Crippen LogP contribution in [0.2, 0.25) is 0 Å². The van der Waals surface area contributed by atoms with Crippen molar-refractivity contribution in [2.24, 2.45) is 0 Å². The molecule has 18 heavy (non-hydrogen) atoms. The maximum absolute atomic E-state index is 11.5. The second-order valence-corrected chi connectivity index (χ2v) is 3.95. The molecule has 0 saturated carbocycles. The van der Waals surface area contributed by atoms with Crippen molar-refractivity contribution < 1.29 is 4.79 Å². The van der Waals surface area contributed by atoms with E-state index in [2.05, 4.69) is 20.8 Å². The van der Waals surface area contributed by atoms with Gasteiger partial charge >= 0.3 is 0 Å². The fraction of sp³-hybridized carbons (Fsp3) is 0.231. The molecular formula is C13H16N4O. The molecule has 3 N–H and O–H groups in total. The van der Waals surface area contributed by atoms with Gasteiger partial charge in [-0.2, -0.15) is 5.10 Å². The van der Waals surface area contributed by atoms with Crippen LogP contribution in [0.3, 0.4) is 0 Å². The van der Waals surface area contributed by atoms with Crippen molar-refractivity contribution >= 4 is 5.91 Å². The van der Waals surface area contributed by atoms with Gasteiger partial charge in [-0.05, 0) is 11.6 Å². The Bertz CT molecular complexity index is 467. The molecule has 2 rings (SSSR count). The molecule has 0 aliphatic rings. The molecule has 0 unspecified atom stereocenters. The highest BCUT2D eigenvalue weighted by atomic mass is 16.1. The van der Waals surface area contributed by atoms with Crippen molar-refractivity contribution in [1.29, 1.82) is 0 Å². The van der Waals surface area contributed by atoms with Crippen molar-refractivity contribution in [2.45, 2.75) is 13.1 Å². The smallest absolute Gasteiger partial charge is 0.234 e. The topological polar surface area (TPSA) is 69.8 Å². The standard InChI is InChI=1S/C13H16N4O/c18-13(10-14-9-12-6-7-16-17-12)15-8-11-4-2-1-3-5-11/h1-7,14H,8-10H2,(H,15,18)(H,16,17). The third-order valence-electron chi connectivity index (χ3n) is 2.49. The van der Waals surface area contributed by atoms with Gasteiger partial charge in [0.2, 0.25) is 5.91 Å². The van der Waals surface area contributed by atoms with E-state index in [9.17, 15) is 4.79 Å². The minimum atomic E-state index is -0.0154. The van der Waals surface area contributed by atoms with Gasteiger partial charge in [0.05, 0.1) is 6.54 Å². The van der Waals surface area contributed by atoms with Crippen LogP contribution in [0.25, 0.3) is 0 Å². The van der Waals surface area contributed by atoms with Gasteiger partial charge in [-0.25, -0.2) is 0 Å². The zero-order valence-electron chi connectivity index (χ0n) is 10.0. The van der Waals surface area contributed by atoms with Crippen LogP contribution in [0, 0.1) is 0 Å². The molecule has 94 valence electrons. The predicted octanol–water partition coefficient (Wildman–Crippen LogP) is 0.816. The van der Waals surface area contributed by atoms with E-state index in [0.717, 1.165) is 11.3 Å². The molecule has 0 atom stereocenters. The Morgan fingerprint density at radius 3 is 2.72 bits per heavy atom. The van der Waals surface area contributed by atoms with Crippen LogP contribution >= 0.6 is 0 Å². The monoisotopic (exact) mass is 244 g/mol. The van der Waals surface area contributed by atoms with Crippen molar-refractivity contribution in [3.63, 3.8) is 0 Å². The van der Waals surface area contributed by atoms with E-state index in [1.54, 1.807) is 6.20 Å². The van der Waals surface area contributed by atoms with Crippen LogP contribution in [0.5, 0.6) is 0 Å². The summed E-state index contributed by atoms with van der Waals surface area (Å²) in [6.07, 6.45) is 1.69. The van der Waals surface area contributed by atoms with Crippen molar-refractivity contribution in [2.75, 3.05) is 6.54 Å². The first-order valence-electron chi connectivity index (χ1n) is 5.84. The SMILES string of the molecule is O=C(CNCc1ccn[nH]1)NCc1ccccc1. The Morgan fingerprint density at radius 2 is 2.00 bits per heavy atom. The number of nitrogens with zero attached hydrogens (tertiary/aromatic N) is 1. The predicted molar refractivity (Wildman–Crippen MR) is 68.6 cm³/mol. The molecule has 0 radical (unpaired) electrons. The van der Waals surface area contributed by atoms with Gasteiger partial charge in [0.15, 0.2) is 0 Å². The summed E-state index contributed by atoms with van der Waals surface area (Å²) in [5.74, 6) is -0.0154. The first-order chi connectivity index (χ1) is 8.84. The minimum absolute atomic E-state index is 0.0154. The van der Waals surface area contributed by atoms with Gasteiger partial charge in [-0.1, -0.05) is 30.3 Å². The number of nitrogens with one attached hydrogen (secondary N) is 3. The van der Waals surface area contributed by atoms with E-state index >= 15 is 0 Å². The fourth-order valence-electron chi connectivity index (χ4n) is 1.55. The summed E-state index contributed by atoms with van der Waals surface area (Å²) in [5, 5.41) is 12.5. The molecule has 1 aromatic carbocycles. The van der Waals surface area contributed by atoms with Crippen molar-refractivity contribution in [1.82, 2.24) is 20.8 Å². The summed E-state index contributed by atoms with van der Waals surface area (Å²) in [6.45, 7) is 1.47. The highest BCUT2D eigenvalue weighted by Crippen LogP contribution is 1.96. The zero-order chi connectivity index (χ0) is 12.6. The van der Waals surface area contributed by atoms with Crippen LogP contribution in [-0.2, 0) is 17.9 Å². The summed E-state index contributed by atoms with van der Waals surface area (Å²) in [7, 11) is 0. The number of aromatic amines is 1. The van der Waals surface area contributed by atoms with Gasteiger partial charge in [-0.15, -0.1) is 0 Å². The lowest BCUT2D eigenvalue weighted by Crippen LogP contribution is -2.33. The number of carbonyl (C=O) groups is 1. The third kappa shape index (κ3) is 4.03. The van der Waals surface area contributed by atoms with E-state index in [1.165, 1.54) is 0 Å². The largest absolute Gasteiger partial charge is 0.351 e. The first kappa shape index (κ1) is 12.3. The summed E-state index contributed by atoms with van der Waals surface area (Å²) in [4.78, 5) is 11.5. The summed E-state index contributed by atoms with van der Waals surface area (Å²) in [5.41, 5.74) is 2.06. The second kappa shape index (κ2) is 6.56. The van der Waals surface area contributed by atoms with Crippen LogP contribution < -0.4 is 10.6 Å². The molecule has 0 fully saturated rings. The Kier molecular flexibility index (Phi) is 4.49. The van der Waals surface area contributed by atoms with Gasteiger partial charge in [0, 0.05) is 25.0 Å². The quantitative estimate of drug-likeness (QED) is 0.704. The van der Waals surface area contributed by atoms with E-state index < -0.39 is 0 Å². The number of amides is 1. The average Bonchev–Trinajstić information content (AvgIpc) is 2.91. The number of rotatable bonds is 6. The Morgan fingerprint density at radius 1 is 1.17 bits per heavy atom. The van der Waals surface area contributed by atoms with Gasteiger partial charge in [0.25, 0.3) is 0 Å². The van der Waals surface area contributed by atoms with Crippen LogP contribution in [-0.4, -0.2) is 22.6 Å². The zero-order valence-corrected chi connectivity index (χ0v) is 10.0. The molecule has 5 heteroatoms. The number of H-pyrrole nitrogens is 1. The summed E-state index contributed by atoms with van der Waals surface area (Å²) in [6, 6.07) is 11.7. The van der Waals surface area contributed by atoms with E-state index in [1.807, 2.05) is 36.4 Å². The second-order valence-electron chi connectivity index (χ2n) is 3.95. The Labute approximate surface area is 106 Å². The Hall–Kier alpha value is -2.14. The molecule has 0 spiro atoms. The minimum Gasteiger partial charge on any atom is -0.351 e. The lowest BCUT2D eigenvalue weighted by Gasteiger charge is -2.06. The Balaban J connectivity index is 1.63. The number of hydrogen-bond acceptors (Lipinski definition) is 3. The van der Waals surface area contributed by atoms with Crippen molar-refractivity contribution in [3.05, 3.63) is 53.9 Å². The number of aromatic nitrogens is 2. The maximum Gasteiger partial charge on any atom is 0.234 e. The summed E-state index contributed by atoms with van der Waals surface area (Å²) < 4.78 is 0. The number of carbonyl (C=O) groups excluding carboxylic acids is 1. The molecular weight excluding hydrogens is 228 g/mol. The van der Waals surface area contributed by atoms with E-state index in [4.69, 9.17) is 0 Å². The molecule has 1 aromatic heterocycles. The molecule has 0 bridgehead atoms. The average molecular weight is 244 g/mol. The third-order valence-corrected chi connectivity index (χ3v) is 2.49. The van der Waals surface area contributed by atoms with E-state index in [-0.39, 0.29) is 5.91 Å². The van der Waals surface area contributed by atoms with Crippen LogP contribution in [0.15, 0.2) is 42.6 Å². The molecule has 1 heterocycles. The molecule has 2 aromatic rings. The maximum atomic E-state index is 11.5. The highest BCUT2D eigenvalue weighted by Gasteiger charge is 2.01. The van der Waals surface area contributed by atoms with Crippen LogP contribution in [0.1, 0.15) is 11.3 Å².